The SMILES string of the molecule is CCOc1nc(N)nc2c1ncn2[C@@H]1O[C@H](COP(=O)(O)OP(=O)(O)OP(=O)(O)O)C[C@@H]1C. The van der Waals surface area contributed by atoms with Crippen LogP contribution >= 0.6 is 23.5 Å². The van der Waals surface area contributed by atoms with Crippen molar-refractivity contribution in [1.29, 1.82) is 0 Å². The van der Waals surface area contributed by atoms with Crippen LogP contribution in [0.25, 0.3) is 11.2 Å². The topological polar surface area (TPSA) is 248 Å². The van der Waals surface area contributed by atoms with Crippen LogP contribution < -0.4 is 10.5 Å². The van der Waals surface area contributed by atoms with Crippen molar-refractivity contribution in [3.8, 4) is 5.88 Å². The van der Waals surface area contributed by atoms with Crippen LogP contribution in [0.2, 0.25) is 0 Å². The van der Waals surface area contributed by atoms with E-state index in [2.05, 4.69) is 28.1 Å². The first-order valence-corrected chi connectivity index (χ1v) is 13.8. The average molecular weight is 533 g/mol. The molecule has 1 aliphatic rings. The highest BCUT2D eigenvalue weighted by molar-refractivity contribution is 7.66. The second-order valence-corrected chi connectivity index (χ2v) is 11.3. The van der Waals surface area contributed by atoms with Crippen molar-refractivity contribution < 1.29 is 55.9 Å². The second-order valence-electron chi connectivity index (χ2n) is 6.89. The number of fused-ring (bicyclic) bond motifs is 1. The number of rotatable bonds is 10. The molecule has 3 heterocycles. The Morgan fingerprint density at radius 1 is 1.18 bits per heavy atom. The van der Waals surface area contributed by atoms with Crippen molar-refractivity contribution in [2.75, 3.05) is 18.9 Å². The van der Waals surface area contributed by atoms with Crippen LogP contribution in [0.1, 0.15) is 26.5 Å². The third-order valence-electron chi connectivity index (χ3n) is 4.25. The smallest absolute Gasteiger partial charge is 0.476 e. The number of nitrogens with two attached hydrogens (primary N) is 1. The molecule has 0 saturated carbocycles. The molecule has 0 radical (unpaired) electrons. The quantitative estimate of drug-likeness (QED) is 0.268. The molecule has 0 bridgehead atoms. The lowest BCUT2D eigenvalue weighted by molar-refractivity contribution is -0.0290. The molecule has 186 valence electrons. The number of phosphoric acid groups is 3. The summed E-state index contributed by atoms with van der Waals surface area (Å²) in [6, 6.07) is 0. The summed E-state index contributed by atoms with van der Waals surface area (Å²) in [5, 5.41) is 0. The second kappa shape index (κ2) is 9.64. The molecule has 0 spiro atoms. The minimum Gasteiger partial charge on any atom is -0.476 e. The van der Waals surface area contributed by atoms with Crippen LogP contribution in [-0.4, -0.2) is 58.4 Å². The zero-order chi connectivity index (χ0) is 24.6. The third-order valence-corrected chi connectivity index (χ3v) is 8.06. The molecule has 2 unspecified atom stereocenters. The first-order chi connectivity index (χ1) is 15.2. The van der Waals surface area contributed by atoms with Gasteiger partial charge >= 0.3 is 23.5 Å². The molecule has 1 saturated heterocycles. The Morgan fingerprint density at radius 3 is 2.52 bits per heavy atom. The first kappa shape index (κ1) is 26.1. The van der Waals surface area contributed by atoms with E-state index in [1.807, 2.05) is 6.92 Å². The third kappa shape index (κ3) is 6.78. The van der Waals surface area contributed by atoms with Gasteiger partial charge in [-0.15, -0.1) is 0 Å². The number of ether oxygens (including phenoxy) is 2. The number of hydrogen-bond acceptors (Lipinski definition) is 12. The van der Waals surface area contributed by atoms with Gasteiger partial charge in [-0.3, -0.25) is 9.09 Å². The standard InChI is InChI=1S/C13H22N5O12P3/c1-3-26-11-9-10(16-13(14)17-11)18(6-15-9)12-7(2)4-8(28-12)5-27-32(22,23)30-33(24,25)29-31(19,20)21/h6-8,12H,3-5H2,1-2H3,(H,22,23)(H,24,25)(H2,14,16,17)(H2,19,20,21)/t7-,8-,12+/m0/s1. The van der Waals surface area contributed by atoms with Gasteiger partial charge in [0.25, 0.3) is 0 Å². The van der Waals surface area contributed by atoms with Crippen molar-refractivity contribution in [3.05, 3.63) is 6.33 Å². The average Bonchev–Trinajstić information content (AvgIpc) is 3.20. The Bertz CT molecular complexity index is 1150. The van der Waals surface area contributed by atoms with Gasteiger partial charge in [-0.25, -0.2) is 18.7 Å². The molecule has 2 aromatic rings. The minimum atomic E-state index is -5.60. The maximum atomic E-state index is 11.9. The van der Waals surface area contributed by atoms with Crippen molar-refractivity contribution in [2.45, 2.75) is 32.6 Å². The highest BCUT2D eigenvalue weighted by atomic mass is 31.3. The Labute approximate surface area is 186 Å². The zero-order valence-electron chi connectivity index (χ0n) is 17.2. The van der Waals surface area contributed by atoms with Crippen LogP contribution in [0, 0.1) is 5.92 Å². The maximum absolute atomic E-state index is 11.9. The molecular formula is C13H22N5O12P3. The zero-order valence-corrected chi connectivity index (χ0v) is 19.9. The molecule has 0 amide bonds. The summed E-state index contributed by atoms with van der Waals surface area (Å²) in [4.78, 5) is 48.3. The van der Waals surface area contributed by atoms with Crippen molar-refractivity contribution >= 4 is 40.6 Å². The Kier molecular flexibility index (Phi) is 7.63. The number of phosphoric ester groups is 1. The van der Waals surface area contributed by atoms with Crippen molar-refractivity contribution in [3.63, 3.8) is 0 Å². The van der Waals surface area contributed by atoms with Gasteiger partial charge in [0.1, 0.15) is 6.23 Å². The lowest BCUT2D eigenvalue weighted by atomic mass is 10.1. The molecule has 2 aromatic heterocycles. The summed E-state index contributed by atoms with van der Waals surface area (Å²) >= 11 is 0. The van der Waals surface area contributed by atoms with Crippen LogP contribution in [0.15, 0.2) is 6.33 Å². The van der Waals surface area contributed by atoms with Gasteiger partial charge in [0, 0.05) is 5.92 Å². The fourth-order valence-corrected chi connectivity index (χ4v) is 6.23. The lowest BCUT2D eigenvalue weighted by Gasteiger charge is -2.19. The maximum Gasteiger partial charge on any atom is 0.490 e. The fourth-order valence-electron chi connectivity index (χ4n) is 3.18. The Hall–Kier alpha value is -1.48. The summed E-state index contributed by atoms with van der Waals surface area (Å²) in [5.74, 6) is -0.000158. The van der Waals surface area contributed by atoms with E-state index in [0.717, 1.165) is 0 Å². The van der Waals surface area contributed by atoms with Gasteiger partial charge in [0.05, 0.1) is 25.6 Å². The van der Waals surface area contributed by atoms with E-state index in [0.29, 0.717) is 24.2 Å². The molecule has 5 atom stereocenters. The van der Waals surface area contributed by atoms with E-state index in [1.165, 1.54) is 6.33 Å². The largest absolute Gasteiger partial charge is 0.490 e. The van der Waals surface area contributed by atoms with E-state index >= 15 is 0 Å². The molecule has 1 fully saturated rings. The van der Waals surface area contributed by atoms with E-state index in [4.69, 9.17) is 25.0 Å². The van der Waals surface area contributed by atoms with Gasteiger partial charge in [-0.1, -0.05) is 6.92 Å². The summed E-state index contributed by atoms with van der Waals surface area (Å²) in [7, 11) is -16.3. The van der Waals surface area contributed by atoms with E-state index < -0.39 is 42.4 Å². The van der Waals surface area contributed by atoms with Gasteiger partial charge in [-0.05, 0) is 13.3 Å². The first-order valence-electron chi connectivity index (χ1n) is 9.26. The monoisotopic (exact) mass is 533 g/mol. The highest BCUT2D eigenvalue weighted by Crippen LogP contribution is 2.66. The summed E-state index contributed by atoms with van der Waals surface area (Å²) in [6.07, 6.45) is 0.387. The van der Waals surface area contributed by atoms with Gasteiger partial charge < -0.3 is 34.8 Å². The number of nitrogens with zero attached hydrogens (tertiary/aromatic N) is 4. The van der Waals surface area contributed by atoms with Gasteiger partial charge in [0.15, 0.2) is 11.2 Å². The normalized spacial score (nSPS) is 25.1. The molecule has 20 heteroatoms. The van der Waals surface area contributed by atoms with Crippen LogP contribution in [0.3, 0.4) is 0 Å². The van der Waals surface area contributed by atoms with Crippen LogP contribution in [0.4, 0.5) is 5.95 Å². The molecule has 3 rings (SSSR count). The summed E-state index contributed by atoms with van der Waals surface area (Å²) < 4.78 is 58.9. The molecule has 1 aliphatic heterocycles. The molecular weight excluding hydrogens is 511 g/mol. The molecule has 6 N–H and O–H groups in total. The fraction of sp³-hybridized carbons (Fsp3) is 0.615. The van der Waals surface area contributed by atoms with Crippen LogP contribution in [-0.2, 0) is 31.6 Å². The minimum absolute atomic E-state index is 0.0393. The van der Waals surface area contributed by atoms with Crippen molar-refractivity contribution in [1.82, 2.24) is 19.5 Å². The van der Waals surface area contributed by atoms with E-state index in [1.54, 1.807) is 11.5 Å². The number of aromatic nitrogens is 4. The molecule has 33 heavy (non-hydrogen) atoms. The lowest BCUT2D eigenvalue weighted by Crippen LogP contribution is -2.17. The molecule has 0 aliphatic carbocycles. The van der Waals surface area contributed by atoms with Crippen molar-refractivity contribution in [2.24, 2.45) is 5.92 Å². The van der Waals surface area contributed by atoms with Gasteiger partial charge in [-0.2, -0.15) is 18.6 Å². The number of imidazole rings is 1. The Morgan fingerprint density at radius 2 is 1.88 bits per heavy atom. The number of anilines is 1. The molecule has 17 nitrogen and oxygen atoms in total. The predicted octanol–water partition coefficient (Wildman–Crippen LogP) is 1.07. The predicted molar refractivity (Wildman–Crippen MR) is 108 cm³/mol. The van der Waals surface area contributed by atoms with E-state index in [-0.39, 0.29) is 17.7 Å². The van der Waals surface area contributed by atoms with Crippen LogP contribution in [0.5, 0.6) is 5.88 Å². The Balaban J connectivity index is 1.69. The number of nitrogen functional groups attached to an aromatic ring is 1. The highest BCUT2D eigenvalue weighted by Gasteiger charge is 2.42. The molecule has 0 aromatic carbocycles. The summed E-state index contributed by atoms with van der Waals surface area (Å²) in [5.41, 5.74) is 6.45. The van der Waals surface area contributed by atoms with E-state index in [9.17, 15) is 23.5 Å². The van der Waals surface area contributed by atoms with Gasteiger partial charge in [0.2, 0.25) is 11.8 Å². The number of hydrogen-bond donors (Lipinski definition) is 5. The summed E-state index contributed by atoms with van der Waals surface area (Å²) in [6.45, 7) is 3.37.